The molecule has 1 fully saturated rings. The van der Waals surface area contributed by atoms with Crippen molar-refractivity contribution in [3.8, 4) is 11.5 Å². The van der Waals surface area contributed by atoms with Gasteiger partial charge in [0, 0.05) is 24.8 Å². The molecule has 6 nitrogen and oxygen atoms in total. The summed E-state index contributed by atoms with van der Waals surface area (Å²) >= 11 is 0. The summed E-state index contributed by atoms with van der Waals surface area (Å²) < 4.78 is 75.4. The van der Waals surface area contributed by atoms with Crippen molar-refractivity contribution in [3.05, 3.63) is 88.2 Å². The second kappa shape index (κ2) is 12.0. The van der Waals surface area contributed by atoms with Crippen molar-refractivity contribution in [2.24, 2.45) is 0 Å². The summed E-state index contributed by atoms with van der Waals surface area (Å²) in [6, 6.07) is 10.4. The maximum absolute atomic E-state index is 14.6. The number of hydrogen-bond acceptors (Lipinski definition) is 4. The molecule has 3 aromatic carbocycles. The quantitative estimate of drug-likeness (QED) is 0.237. The number of carbonyl (C=O) groups excluding carboxylic acids is 2. The van der Waals surface area contributed by atoms with Gasteiger partial charge in [-0.25, -0.2) is 8.78 Å². The number of benzene rings is 3. The largest absolute Gasteiger partial charge is 0.457 e. The third kappa shape index (κ3) is 6.95. The van der Waals surface area contributed by atoms with E-state index < -0.39 is 47.7 Å². The van der Waals surface area contributed by atoms with Crippen LogP contribution in [-0.4, -0.2) is 23.5 Å². The molecule has 3 aromatic rings. The van der Waals surface area contributed by atoms with Crippen molar-refractivity contribution in [3.63, 3.8) is 0 Å². The second-order valence-corrected chi connectivity index (χ2v) is 9.54. The Morgan fingerprint density at radius 1 is 1.07 bits per heavy atom. The zero-order chi connectivity index (χ0) is 29.0. The average Bonchev–Trinajstić information content (AvgIpc) is 3.74. The monoisotopic (exact) mass is 562 g/mol. The van der Waals surface area contributed by atoms with E-state index in [2.05, 4.69) is 10.6 Å². The molecule has 0 heterocycles. The Morgan fingerprint density at radius 2 is 1.77 bits per heavy atom. The number of hydrogen-bond donors (Lipinski definition) is 3. The lowest BCUT2D eigenvalue weighted by molar-refractivity contribution is -0.138. The molecule has 0 bridgehead atoms. The van der Waals surface area contributed by atoms with Gasteiger partial charge < -0.3 is 20.5 Å². The molecule has 2 amide bonds. The number of anilines is 1. The van der Waals surface area contributed by atoms with Crippen molar-refractivity contribution in [2.75, 3.05) is 11.9 Å². The minimum atomic E-state index is -4.73. The molecule has 1 aliphatic rings. The lowest BCUT2D eigenvalue weighted by Gasteiger charge is -2.20. The van der Waals surface area contributed by atoms with Crippen molar-refractivity contribution < 1.29 is 41.4 Å². The van der Waals surface area contributed by atoms with E-state index in [1.54, 1.807) is 0 Å². The van der Waals surface area contributed by atoms with Crippen LogP contribution < -0.4 is 15.4 Å². The fourth-order valence-corrected chi connectivity index (χ4v) is 4.38. The third-order valence-corrected chi connectivity index (χ3v) is 6.45. The number of halogens is 5. The molecule has 0 aromatic heterocycles. The van der Waals surface area contributed by atoms with Crippen molar-refractivity contribution in [1.82, 2.24) is 5.32 Å². The van der Waals surface area contributed by atoms with E-state index in [0.29, 0.717) is 18.4 Å². The van der Waals surface area contributed by atoms with Crippen LogP contribution in [0.25, 0.3) is 0 Å². The first kappa shape index (κ1) is 29.0. The van der Waals surface area contributed by atoms with Gasteiger partial charge >= 0.3 is 6.18 Å². The fraction of sp³-hybridized carbons (Fsp3) is 0.310. The standard InChI is InChI=1S/C29H27F5N2O4/c1-16(38)35-26(10-11-37)22-12-19(6-9-25(22)31)36-28(39)23-13-24(29(32,33)34)21(18-4-5-18)14-27(23)40-20-7-2-17(15-30)3-8-20/h2-3,6-9,12-14,18,26,37H,4-5,10-11,15H2,1H3,(H,35,38)(H,36,39). The molecule has 0 aliphatic heterocycles. The number of carbonyl (C=O) groups is 2. The number of aliphatic hydroxyl groups is 1. The zero-order valence-corrected chi connectivity index (χ0v) is 21.4. The molecule has 0 spiro atoms. The normalized spacial score (nSPS) is 14.0. The Kier molecular flexibility index (Phi) is 8.73. The van der Waals surface area contributed by atoms with E-state index in [4.69, 9.17) is 4.74 Å². The van der Waals surface area contributed by atoms with Gasteiger partial charge in [0.05, 0.1) is 17.2 Å². The van der Waals surface area contributed by atoms with Gasteiger partial charge in [-0.2, -0.15) is 13.2 Å². The van der Waals surface area contributed by atoms with Crippen LogP contribution in [0.3, 0.4) is 0 Å². The summed E-state index contributed by atoms with van der Waals surface area (Å²) in [5.74, 6) is -2.37. The van der Waals surface area contributed by atoms with Gasteiger partial charge in [-0.3, -0.25) is 9.59 Å². The van der Waals surface area contributed by atoms with Gasteiger partial charge in [0.2, 0.25) is 5.91 Å². The summed E-state index contributed by atoms with van der Waals surface area (Å²) in [6.45, 7) is 0.159. The van der Waals surface area contributed by atoms with Crippen LogP contribution in [0.15, 0.2) is 54.6 Å². The molecule has 0 saturated heterocycles. The maximum Gasteiger partial charge on any atom is 0.416 e. The van der Waals surface area contributed by atoms with E-state index in [9.17, 15) is 36.6 Å². The first-order valence-corrected chi connectivity index (χ1v) is 12.6. The summed E-state index contributed by atoms with van der Waals surface area (Å²) in [5.41, 5.74) is -0.938. The van der Waals surface area contributed by atoms with E-state index in [0.717, 1.165) is 12.1 Å². The minimum absolute atomic E-state index is 0.00927. The van der Waals surface area contributed by atoms with E-state index in [1.165, 1.54) is 49.4 Å². The Bertz CT molecular complexity index is 1390. The molecule has 4 rings (SSSR count). The number of rotatable bonds is 10. The Morgan fingerprint density at radius 3 is 2.35 bits per heavy atom. The van der Waals surface area contributed by atoms with Gasteiger partial charge in [-0.1, -0.05) is 12.1 Å². The first-order valence-electron chi connectivity index (χ1n) is 12.6. The molecule has 0 radical (unpaired) electrons. The van der Waals surface area contributed by atoms with Gasteiger partial charge in [-0.15, -0.1) is 0 Å². The van der Waals surface area contributed by atoms with Crippen LogP contribution in [0, 0.1) is 5.82 Å². The average molecular weight is 563 g/mol. The second-order valence-electron chi connectivity index (χ2n) is 9.54. The molecule has 3 N–H and O–H groups in total. The zero-order valence-electron chi connectivity index (χ0n) is 21.4. The molecule has 11 heteroatoms. The lowest BCUT2D eigenvalue weighted by Crippen LogP contribution is -2.27. The van der Waals surface area contributed by atoms with Gasteiger partial charge in [0.15, 0.2) is 0 Å². The summed E-state index contributed by atoms with van der Waals surface area (Å²) in [7, 11) is 0. The molecular formula is C29H27F5N2O4. The van der Waals surface area contributed by atoms with Gasteiger partial charge in [-0.05, 0) is 78.8 Å². The van der Waals surface area contributed by atoms with E-state index in [1.807, 2.05) is 0 Å². The Labute approximate surface area is 227 Å². The van der Waals surface area contributed by atoms with Crippen LogP contribution >= 0.6 is 0 Å². The van der Waals surface area contributed by atoms with Crippen LogP contribution in [0.5, 0.6) is 11.5 Å². The third-order valence-electron chi connectivity index (χ3n) is 6.45. The lowest BCUT2D eigenvalue weighted by atomic mass is 9.98. The van der Waals surface area contributed by atoms with Crippen molar-refractivity contribution >= 4 is 17.5 Å². The van der Waals surface area contributed by atoms with Crippen molar-refractivity contribution in [1.29, 1.82) is 0 Å². The van der Waals surface area contributed by atoms with E-state index in [-0.39, 0.29) is 47.3 Å². The highest BCUT2D eigenvalue weighted by atomic mass is 19.4. The fourth-order valence-electron chi connectivity index (χ4n) is 4.38. The summed E-state index contributed by atoms with van der Waals surface area (Å²) in [4.78, 5) is 24.9. The van der Waals surface area contributed by atoms with Crippen LogP contribution in [0.4, 0.5) is 27.6 Å². The van der Waals surface area contributed by atoms with Gasteiger partial charge in [0.1, 0.15) is 24.0 Å². The summed E-state index contributed by atoms with van der Waals surface area (Å²) in [6.07, 6.45) is -3.60. The Hall–Kier alpha value is -3.99. The number of aliphatic hydroxyl groups excluding tert-OH is 1. The number of ether oxygens (including phenoxy) is 1. The number of nitrogens with one attached hydrogen (secondary N) is 2. The molecular weight excluding hydrogens is 535 g/mol. The summed E-state index contributed by atoms with van der Waals surface area (Å²) in [5, 5.41) is 14.3. The van der Waals surface area contributed by atoms with Crippen molar-refractivity contribution in [2.45, 2.75) is 51.0 Å². The minimum Gasteiger partial charge on any atom is -0.457 e. The highest BCUT2D eigenvalue weighted by Crippen LogP contribution is 2.48. The Balaban J connectivity index is 1.72. The maximum atomic E-state index is 14.6. The molecule has 1 unspecified atom stereocenters. The SMILES string of the molecule is CC(=O)NC(CCO)c1cc(NC(=O)c2cc(C(F)(F)F)c(C3CC3)cc2Oc2ccc(CF)cc2)ccc1F. The predicted molar refractivity (Wildman–Crippen MR) is 137 cm³/mol. The number of amides is 2. The predicted octanol–water partition coefficient (Wildman–Crippen LogP) is 6.80. The highest BCUT2D eigenvalue weighted by molar-refractivity contribution is 6.06. The van der Waals surface area contributed by atoms with Gasteiger partial charge in [0.25, 0.3) is 5.91 Å². The molecule has 1 atom stereocenters. The molecule has 1 saturated carbocycles. The van der Waals surface area contributed by atoms with Crippen LogP contribution in [0.2, 0.25) is 0 Å². The van der Waals surface area contributed by atoms with E-state index >= 15 is 0 Å². The molecule has 40 heavy (non-hydrogen) atoms. The number of alkyl halides is 4. The highest BCUT2D eigenvalue weighted by Gasteiger charge is 2.40. The first-order chi connectivity index (χ1) is 19.0. The van der Waals surface area contributed by atoms with Crippen LogP contribution in [-0.2, 0) is 17.6 Å². The molecule has 1 aliphatic carbocycles. The topological polar surface area (TPSA) is 87.7 Å². The molecule has 212 valence electrons. The smallest absolute Gasteiger partial charge is 0.416 e. The van der Waals surface area contributed by atoms with Crippen LogP contribution in [0.1, 0.15) is 70.8 Å².